The second-order valence-electron chi connectivity index (χ2n) is 3.21. The van der Waals surface area contributed by atoms with E-state index in [9.17, 15) is 13.2 Å². The number of carbonyl (C=O) groups is 1. The molecular weight excluding hydrogens is 178 g/mol. The van der Waals surface area contributed by atoms with E-state index < -0.39 is 9.84 Å². The summed E-state index contributed by atoms with van der Waals surface area (Å²) in [5.41, 5.74) is 0. The lowest BCUT2D eigenvalue weighted by molar-refractivity contribution is -0.119. The summed E-state index contributed by atoms with van der Waals surface area (Å²) in [5.74, 6) is 0.531. The minimum Gasteiger partial charge on any atom is -0.356 e. The van der Waals surface area contributed by atoms with Crippen LogP contribution in [0, 0.1) is 5.92 Å². The fraction of sp³-hybridized carbons (Fsp3) is 0.857. The first-order valence-electron chi connectivity index (χ1n) is 3.94. The molecule has 0 aromatic heterocycles. The van der Waals surface area contributed by atoms with Gasteiger partial charge in [-0.25, -0.2) is 8.42 Å². The highest BCUT2D eigenvalue weighted by molar-refractivity contribution is 7.91. The molecule has 70 valence electrons. The van der Waals surface area contributed by atoms with Crippen molar-refractivity contribution in [1.82, 2.24) is 5.32 Å². The fourth-order valence-electron chi connectivity index (χ4n) is 1.32. The van der Waals surface area contributed by atoms with Crippen molar-refractivity contribution in [1.29, 1.82) is 0 Å². The van der Waals surface area contributed by atoms with Crippen LogP contribution >= 0.6 is 0 Å². The zero-order chi connectivity index (χ0) is 9.19. The van der Waals surface area contributed by atoms with Gasteiger partial charge in [-0.1, -0.05) is 0 Å². The van der Waals surface area contributed by atoms with Crippen LogP contribution in [0.5, 0.6) is 0 Å². The third kappa shape index (κ3) is 2.81. The molecule has 0 radical (unpaired) electrons. The first kappa shape index (κ1) is 9.51. The van der Waals surface area contributed by atoms with E-state index in [0.29, 0.717) is 13.0 Å². The molecule has 0 saturated carbocycles. The molecule has 1 aliphatic heterocycles. The Bertz CT molecular complexity index is 270. The Morgan fingerprint density at radius 3 is 2.67 bits per heavy atom. The van der Waals surface area contributed by atoms with Gasteiger partial charge in [0.1, 0.15) is 0 Å². The maximum atomic E-state index is 11.0. The zero-order valence-electron chi connectivity index (χ0n) is 7.04. The molecule has 1 unspecified atom stereocenters. The molecule has 1 amide bonds. The predicted molar refractivity (Wildman–Crippen MR) is 45.4 cm³/mol. The molecule has 5 heteroatoms. The van der Waals surface area contributed by atoms with Gasteiger partial charge in [-0.3, -0.25) is 4.79 Å². The van der Waals surface area contributed by atoms with E-state index >= 15 is 0 Å². The molecule has 1 heterocycles. The summed E-state index contributed by atoms with van der Waals surface area (Å²) in [5, 5.41) is 2.62. The molecule has 0 aromatic rings. The van der Waals surface area contributed by atoms with Crippen LogP contribution in [0.4, 0.5) is 0 Å². The average molecular weight is 191 g/mol. The topological polar surface area (TPSA) is 63.2 Å². The van der Waals surface area contributed by atoms with Crippen LogP contribution in [-0.4, -0.2) is 32.4 Å². The summed E-state index contributed by atoms with van der Waals surface area (Å²) in [4.78, 5) is 10.5. The normalized spacial score (nSPS) is 26.9. The Morgan fingerprint density at radius 2 is 2.25 bits per heavy atom. The summed E-state index contributed by atoms with van der Waals surface area (Å²) in [6.45, 7) is 1.93. The zero-order valence-corrected chi connectivity index (χ0v) is 7.86. The van der Waals surface area contributed by atoms with Crippen molar-refractivity contribution in [3.63, 3.8) is 0 Å². The predicted octanol–water partition coefficient (Wildman–Crippen LogP) is -0.443. The Morgan fingerprint density at radius 1 is 1.58 bits per heavy atom. The van der Waals surface area contributed by atoms with Gasteiger partial charge in [0.2, 0.25) is 5.91 Å². The maximum absolute atomic E-state index is 11.0. The lowest BCUT2D eigenvalue weighted by Gasteiger charge is -2.06. The Labute approximate surface area is 72.3 Å². The number of sulfone groups is 1. The van der Waals surface area contributed by atoms with Crippen molar-refractivity contribution < 1.29 is 13.2 Å². The molecule has 1 aliphatic rings. The number of carbonyl (C=O) groups excluding carboxylic acids is 1. The van der Waals surface area contributed by atoms with Crippen LogP contribution < -0.4 is 5.32 Å². The Kier molecular flexibility index (Phi) is 2.72. The maximum Gasteiger partial charge on any atom is 0.216 e. The van der Waals surface area contributed by atoms with E-state index in [-0.39, 0.29) is 23.3 Å². The lowest BCUT2D eigenvalue weighted by Crippen LogP contribution is -2.27. The van der Waals surface area contributed by atoms with Crippen molar-refractivity contribution in [2.45, 2.75) is 13.3 Å². The van der Waals surface area contributed by atoms with E-state index in [2.05, 4.69) is 5.32 Å². The van der Waals surface area contributed by atoms with Crippen LogP contribution in [0.15, 0.2) is 0 Å². The summed E-state index contributed by atoms with van der Waals surface area (Å²) in [6.07, 6.45) is 0.683. The molecule has 0 aromatic carbocycles. The number of hydrogen-bond acceptors (Lipinski definition) is 3. The Balaban J connectivity index is 2.34. The van der Waals surface area contributed by atoms with Crippen LogP contribution in [0.1, 0.15) is 13.3 Å². The van der Waals surface area contributed by atoms with Gasteiger partial charge in [0.15, 0.2) is 9.84 Å². The van der Waals surface area contributed by atoms with Gasteiger partial charge in [0.25, 0.3) is 0 Å². The monoisotopic (exact) mass is 191 g/mol. The summed E-state index contributed by atoms with van der Waals surface area (Å²) >= 11 is 0. The van der Waals surface area contributed by atoms with E-state index in [1.807, 2.05) is 0 Å². The third-order valence-electron chi connectivity index (χ3n) is 1.97. The van der Waals surface area contributed by atoms with Crippen molar-refractivity contribution in [2.75, 3.05) is 18.1 Å². The molecule has 1 saturated heterocycles. The van der Waals surface area contributed by atoms with E-state index in [4.69, 9.17) is 0 Å². The van der Waals surface area contributed by atoms with E-state index in [1.54, 1.807) is 0 Å². The Hall–Kier alpha value is -0.580. The lowest BCUT2D eigenvalue weighted by atomic mass is 10.1. The first-order chi connectivity index (χ1) is 5.49. The molecule has 0 spiro atoms. The van der Waals surface area contributed by atoms with Crippen molar-refractivity contribution in [2.24, 2.45) is 5.92 Å². The molecular formula is C7H13NO3S. The van der Waals surface area contributed by atoms with Crippen molar-refractivity contribution >= 4 is 15.7 Å². The second kappa shape index (κ2) is 3.43. The minimum atomic E-state index is -2.79. The van der Waals surface area contributed by atoms with Crippen LogP contribution in [0.3, 0.4) is 0 Å². The molecule has 1 fully saturated rings. The molecule has 0 bridgehead atoms. The summed E-state index contributed by atoms with van der Waals surface area (Å²) in [7, 11) is -2.79. The van der Waals surface area contributed by atoms with Crippen LogP contribution in [0.25, 0.3) is 0 Å². The molecule has 1 rings (SSSR count). The van der Waals surface area contributed by atoms with E-state index in [1.165, 1.54) is 6.92 Å². The largest absolute Gasteiger partial charge is 0.356 e. The first-order valence-corrected chi connectivity index (χ1v) is 5.76. The highest BCUT2D eigenvalue weighted by Crippen LogP contribution is 2.16. The van der Waals surface area contributed by atoms with E-state index in [0.717, 1.165) is 0 Å². The van der Waals surface area contributed by atoms with Gasteiger partial charge in [-0.2, -0.15) is 0 Å². The SMILES string of the molecule is CC(=O)NCC1CCS(=O)(=O)C1. The van der Waals surface area contributed by atoms with Gasteiger partial charge >= 0.3 is 0 Å². The van der Waals surface area contributed by atoms with Crippen molar-refractivity contribution in [3.05, 3.63) is 0 Å². The molecule has 4 nitrogen and oxygen atoms in total. The number of rotatable bonds is 2. The highest BCUT2D eigenvalue weighted by Gasteiger charge is 2.27. The number of hydrogen-bond donors (Lipinski definition) is 1. The third-order valence-corrected chi connectivity index (χ3v) is 3.80. The molecule has 12 heavy (non-hydrogen) atoms. The summed E-state index contributed by atoms with van der Waals surface area (Å²) < 4.78 is 21.9. The number of nitrogens with one attached hydrogen (secondary N) is 1. The smallest absolute Gasteiger partial charge is 0.216 e. The van der Waals surface area contributed by atoms with Gasteiger partial charge in [-0.15, -0.1) is 0 Å². The van der Waals surface area contributed by atoms with Gasteiger partial charge in [0, 0.05) is 13.5 Å². The van der Waals surface area contributed by atoms with Crippen molar-refractivity contribution in [3.8, 4) is 0 Å². The summed E-state index contributed by atoms with van der Waals surface area (Å²) in [6, 6.07) is 0. The highest BCUT2D eigenvalue weighted by atomic mass is 32.2. The van der Waals surface area contributed by atoms with Gasteiger partial charge in [0.05, 0.1) is 11.5 Å². The minimum absolute atomic E-state index is 0.0979. The fourth-order valence-corrected chi connectivity index (χ4v) is 3.18. The average Bonchev–Trinajstić information content (AvgIpc) is 2.26. The van der Waals surface area contributed by atoms with Crippen LogP contribution in [-0.2, 0) is 14.6 Å². The standard InChI is InChI=1S/C7H13NO3S/c1-6(9)8-4-7-2-3-12(10,11)5-7/h7H,2-5H2,1H3,(H,8,9). The second-order valence-corrected chi connectivity index (χ2v) is 5.43. The molecule has 0 aliphatic carbocycles. The van der Waals surface area contributed by atoms with Gasteiger partial charge < -0.3 is 5.32 Å². The van der Waals surface area contributed by atoms with Crippen LogP contribution in [0.2, 0.25) is 0 Å². The molecule has 1 N–H and O–H groups in total. The quantitative estimate of drug-likeness (QED) is 0.643. The number of amides is 1. The van der Waals surface area contributed by atoms with Gasteiger partial charge in [-0.05, 0) is 12.3 Å². The molecule has 1 atom stereocenters.